The number of fused-ring (bicyclic) bond motifs is 1. The van der Waals surface area contributed by atoms with Gasteiger partial charge in [-0.15, -0.1) is 16.9 Å². The van der Waals surface area contributed by atoms with Gasteiger partial charge in [0.15, 0.2) is 11.3 Å². The fourth-order valence-corrected chi connectivity index (χ4v) is 5.17. The molecule has 1 aromatic carbocycles. The Morgan fingerprint density at radius 3 is 3.00 bits per heavy atom. The minimum absolute atomic E-state index is 0.0495. The number of benzene rings is 1. The molecule has 9 heteroatoms. The Morgan fingerprint density at radius 2 is 2.19 bits per heavy atom. The van der Waals surface area contributed by atoms with Gasteiger partial charge in [-0.2, -0.15) is 0 Å². The predicted octanol–water partition coefficient (Wildman–Crippen LogP) is 3.02. The van der Waals surface area contributed by atoms with Crippen LogP contribution in [-0.4, -0.2) is 52.4 Å². The normalized spacial score (nSPS) is 21.2. The Morgan fingerprint density at radius 1 is 1.29 bits per heavy atom. The molecule has 2 aliphatic heterocycles. The number of amides is 1. The molecule has 1 amide bonds. The molecule has 0 saturated carbocycles. The average Bonchev–Trinajstić information content (AvgIpc) is 3.53. The standard InChI is InChI=1S/C22H25FN6OS/c1-31-19-5-4-14(23)11-16(19)17-3-2-10-28(17)21-7-6-20-25-13-18(29(20)27-21)22(30)26-15-8-9-24-12-15/h4-7,11,13,15,17,24H,2-3,8-10,12H2,1H3,(H,26,30)/t15-,17+/m0/s1. The van der Waals surface area contributed by atoms with Crippen LogP contribution in [-0.2, 0) is 0 Å². The zero-order valence-electron chi connectivity index (χ0n) is 17.3. The molecule has 31 heavy (non-hydrogen) atoms. The van der Waals surface area contributed by atoms with Crippen LogP contribution in [0.25, 0.3) is 5.65 Å². The summed E-state index contributed by atoms with van der Waals surface area (Å²) in [7, 11) is 0. The number of nitrogens with one attached hydrogen (secondary N) is 2. The van der Waals surface area contributed by atoms with Crippen molar-refractivity contribution in [3.8, 4) is 0 Å². The highest BCUT2D eigenvalue weighted by molar-refractivity contribution is 7.98. The molecular formula is C22H25FN6OS. The van der Waals surface area contributed by atoms with Crippen LogP contribution in [0.3, 0.4) is 0 Å². The van der Waals surface area contributed by atoms with E-state index in [9.17, 15) is 9.18 Å². The van der Waals surface area contributed by atoms with Gasteiger partial charge in [0.2, 0.25) is 0 Å². The van der Waals surface area contributed by atoms with E-state index in [1.807, 2.05) is 24.5 Å². The highest BCUT2D eigenvalue weighted by atomic mass is 32.2. The summed E-state index contributed by atoms with van der Waals surface area (Å²) in [6.07, 6.45) is 6.44. The molecule has 2 atom stereocenters. The number of aromatic nitrogens is 3. The van der Waals surface area contributed by atoms with E-state index in [1.54, 1.807) is 28.5 Å². The molecule has 0 spiro atoms. The molecule has 0 radical (unpaired) electrons. The number of rotatable bonds is 5. The molecule has 2 N–H and O–H groups in total. The Hall–Kier alpha value is -2.65. The predicted molar refractivity (Wildman–Crippen MR) is 119 cm³/mol. The lowest BCUT2D eigenvalue weighted by molar-refractivity contribution is 0.0933. The van der Waals surface area contributed by atoms with Gasteiger partial charge in [-0.1, -0.05) is 0 Å². The highest BCUT2D eigenvalue weighted by Gasteiger charge is 2.30. The van der Waals surface area contributed by atoms with Crippen molar-refractivity contribution in [2.75, 3.05) is 30.8 Å². The maximum Gasteiger partial charge on any atom is 0.271 e. The maximum atomic E-state index is 14.0. The Balaban J connectivity index is 1.47. The van der Waals surface area contributed by atoms with Crippen LogP contribution in [0.2, 0.25) is 0 Å². The minimum atomic E-state index is -0.224. The largest absolute Gasteiger partial charge is 0.348 e. The molecule has 3 aromatic rings. The fraction of sp³-hybridized carbons (Fsp3) is 0.409. The van der Waals surface area contributed by atoms with Crippen molar-refractivity contribution in [3.05, 3.63) is 53.6 Å². The van der Waals surface area contributed by atoms with E-state index in [0.29, 0.717) is 11.3 Å². The van der Waals surface area contributed by atoms with Crippen LogP contribution in [0.4, 0.5) is 10.2 Å². The molecule has 2 aliphatic rings. The monoisotopic (exact) mass is 440 g/mol. The first-order chi connectivity index (χ1) is 15.1. The third-order valence-corrected chi connectivity index (χ3v) is 6.89. The van der Waals surface area contributed by atoms with Gasteiger partial charge < -0.3 is 15.5 Å². The van der Waals surface area contributed by atoms with E-state index in [4.69, 9.17) is 5.10 Å². The number of imidazole rings is 1. The first-order valence-electron chi connectivity index (χ1n) is 10.6. The van der Waals surface area contributed by atoms with Crippen LogP contribution in [0.5, 0.6) is 0 Å². The van der Waals surface area contributed by atoms with E-state index in [1.165, 1.54) is 6.07 Å². The van der Waals surface area contributed by atoms with Crippen LogP contribution in [0, 0.1) is 5.82 Å². The second-order valence-electron chi connectivity index (χ2n) is 8.01. The maximum absolute atomic E-state index is 14.0. The van der Waals surface area contributed by atoms with Crippen molar-refractivity contribution < 1.29 is 9.18 Å². The smallest absolute Gasteiger partial charge is 0.271 e. The lowest BCUT2D eigenvalue weighted by atomic mass is 10.0. The van der Waals surface area contributed by atoms with E-state index < -0.39 is 0 Å². The van der Waals surface area contributed by atoms with Gasteiger partial charge in [0, 0.05) is 24.0 Å². The lowest BCUT2D eigenvalue weighted by Crippen LogP contribution is -2.37. The molecule has 4 heterocycles. The molecule has 0 bridgehead atoms. The van der Waals surface area contributed by atoms with Crippen LogP contribution >= 0.6 is 11.8 Å². The molecule has 2 aromatic heterocycles. The summed E-state index contributed by atoms with van der Waals surface area (Å²) < 4.78 is 15.7. The summed E-state index contributed by atoms with van der Waals surface area (Å²) in [6, 6.07) is 8.98. The van der Waals surface area contributed by atoms with Crippen LogP contribution in [0.1, 0.15) is 41.4 Å². The van der Waals surface area contributed by atoms with Gasteiger partial charge in [-0.3, -0.25) is 4.79 Å². The first-order valence-corrected chi connectivity index (χ1v) is 11.8. The number of thioether (sulfide) groups is 1. The number of carbonyl (C=O) groups is 1. The third kappa shape index (κ3) is 3.87. The van der Waals surface area contributed by atoms with Gasteiger partial charge in [0.1, 0.15) is 11.6 Å². The summed E-state index contributed by atoms with van der Waals surface area (Å²) >= 11 is 1.63. The fourth-order valence-electron chi connectivity index (χ4n) is 4.54. The van der Waals surface area contributed by atoms with Gasteiger partial charge in [0.25, 0.3) is 5.91 Å². The van der Waals surface area contributed by atoms with Crippen molar-refractivity contribution >= 4 is 29.1 Å². The molecule has 0 unspecified atom stereocenters. The Bertz CT molecular complexity index is 1110. The van der Waals surface area contributed by atoms with E-state index in [0.717, 1.165) is 55.2 Å². The topological polar surface area (TPSA) is 74.6 Å². The second kappa shape index (κ2) is 8.47. The summed E-state index contributed by atoms with van der Waals surface area (Å²) in [6.45, 7) is 2.52. The molecule has 7 nitrogen and oxygen atoms in total. The zero-order chi connectivity index (χ0) is 21.4. The molecule has 0 aliphatic carbocycles. The molecule has 2 fully saturated rings. The number of carbonyl (C=O) groups excluding carboxylic acids is 1. The Labute approximate surface area is 184 Å². The molecule has 162 valence electrons. The minimum Gasteiger partial charge on any atom is -0.348 e. The van der Waals surface area contributed by atoms with Gasteiger partial charge in [0.05, 0.1) is 12.2 Å². The highest BCUT2D eigenvalue weighted by Crippen LogP contribution is 2.39. The number of hydrogen-bond donors (Lipinski definition) is 2. The Kier molecular flexibility index (Phi) is 5.54. The van der Waals surface area contributed by atoms with E-state index >= 15 is 0 Å². The summed E-state index contributed by atoms with van der Waals surface area (Å²) in [5.41, 5.74) is 2.05. The van der Waals surface area contributed by atoms with Gasteiger partial charge in [-0.25, -0.2) is 13.9 Å². The number of anilines is 1. The third-order valence-electron chi connectivity index (χ3n) is 6.07. The quantitative estimate of drug-likeness (QED) is 0.594. The van der Waals surface area contributed by atoms with Crippen molar-refractivity contribution in [1.82, 2.24) is 25.2 Å². The summed E-state index contributed by atoms with van der Waals surface area (Å²) in [4.78, 5) is 20.4. The SMILES string of the molecule is CSc1ccc(F)cc1[C@H]1CCCN1c1ccc2ncc(C(=O)N[C@H]3CCNC3)n2n1. The lowest BCUT2D eigenvalue weighted by Gasteiger charge is -2.27. The number of halogens is 1. The molecule has 5 rings (SSSR count). The van der Waals surface area contributed by atoms with Gasteiger partial charge >= 0.3 is 0 Å². The van der Waals surface area contributed by atoms with Crippen molar-refractivity contribution in [1.29, 1.82) is 0 Å². The zero-order valence-corrected chi connectivity index (χ0v) is 18.2. The number of hydrogen-bond acceptors (Lipinski definition) is 6. The summed E-state index contributed by atoms with van der Waals surface area (Å²) in [5, 5.41) is 11.1. The second-order valence-corrected chi connectivity index (χ2v) is 8.85. The van der Waals surface area contributed by atoms with Gasteiger partial charge in [-0.05, 0) is 68.0 Å². The van der Waals surface area contributed by atoms with Crippen molar-refractivity contribution in [2.45, 2.75) is 36.2 Å². The number of nitrogens with zero attached hydrogens (tertiary/aromatic N) is 4. The van der Waals surface area contributed by atoms with Crippen LogP contribution < -0.4 is 15.5 Å². The molecule has 2 saturated heterocycles. The van der Waals surface area contributed by atoms with Crippen molar-refractivity contribution in [3.63, 3.8) is 0 Å². The van der Waals surface area contributed by atoms with E-state index in [2.05, 4.69) is 20.5 Å². The first kappa shape index (κ1) is 20.3. The average molecular weight is 441 g/mol. The summed E-state index contributed by atoms with van der Waals surface area (Å²) in [5.74, 6) is 0.373. The van der Waals surface area contributed by atoms with Crippen molar-refractivity contribution in [2.24, 2.45) is 0 Å². The van der Waals surface area contributed by atoms with E-state index in [-0.39, 0.29) is 23.8 Å². The molecular weight excluding hydrogens is 415 g/mol. The van der Waals surface area contributed by atoms with Crippen LogP contribution in [0.15, 0.2) is 41.4 Å².